The van der Waals surface area contributed by atoms with Gasteiger partial charge in [-0.05, 0) is 26.0 Å². The summed E-state index contributed by atoms with van der Waals surface area (Å²) in [6.45, 7) is 8.07. The van der Waals surface area contributed by atoms with Crippen molar-refractivity contribution in [1.82, 2.24) is 10.2 Å². The zero-order valence-electron chi connectivity index (χ0n) is 12.0. The van der Waals surface area contributed by atoms with Gasteiger partial charge in [-0.15, -0.1) is 0 Å². The van der Waals surface area contributed by atoms with Gasteiger partial charge in [-0.3, -0.25) is 9.69 Å². The van der Waals surface area contributed by atoms with E-state index in [0.29, 0.717) is 19.6 Å². The van der Waals surface area contributed by atoms with Crippen molar-refractivity contribution in [3.63, 3.8) is 0 Å². The van der Waals surface area contributed by atoms with Crippen molar-refractivity contribution in [2.24, 2.45) is 0 Å². The van der Waals surface area contributed by atoms with E-state index in [1.54, 1.807) is 0 Å². The van der Waals surface area contributed by atoms with E-state index in [4.69, 9.17) is 0 Å². The largest absolute Gasteiger partial charge is 0.387 e. The molecule has 106 valence electrons. The Kier molecular flexibility index (Phi) is 6.53. The van der Waals surface area contributed by atoms with E-state index in [0.717, 1.165) is 12.1 Å². The fourth-order valence-electron chi connectivity index (χ4n) is 1.90. The van der Waals surface area contributed by atoms with Gasteiger partial charge in [-0.25, -0.2) is 0 Å². The molecular weight excluding hydrogens is 240 g/mol. The normalized spacial score (nSPS) is 12.5. The van der Waals surface area contributed by atoms with Crippen LogP contribution in [0.3, 0.4) is 0 Å². The van der Waals surface area contributed by atoms with Gasteiger partial charge >= 0.3 is 0 Å². The molecule has 0 aromatic heterocycles. The second kappa shape index (κ2) is 7.92. The molecule has 1 aromatic carbocycles. The van der Waals surface area contributed by atoms with Gasteiger partial charge in [0.25, 0.3) is 0 Å². The lowest BCUT2D eigenvalue weighted by molar-refractivity contribution is -0.122. The van der Waals surface area contributed by atoms with E-state index in [-0.39, 0.29) is 5.91 Å². The van der Waals surface area contributed by atoms with Crippen LogP contribution in [0.5, 0.6) is 0 Å². The van der Waals surface area contributed by atoms with Crippen LogP contribution in [0.1, 0.15) is 31.1 Å². The Morgan fingerprint density at radius 2 is 1.95 bits per heavy atom. The maximum atomic E-state index is 11.5. The third-order valence-corrected chi connectivity index (χ3v) is 3.08. The standard InChI is InChI=1S/C15H24N2O2/c1-4-16-15(19)11-17(5-2)10-14(18)13-8-6-12(3)7-9-13/h6-9,14,18H,4-5,10-11H2,1-3H3,(H,16,19). The first-order valence-electron chi connectivity index (χ1n) is 6.80. The number of aryl methyl sites for hydroxylation is 1. The Labute approximate surface area is 115 Å². The van der Waals surface area contributed by atoms with Gasteiger partial charge in [0.15, 0.2) is 0 Å². The molecule has 0 saturated carbocycles. The predicted molar refractivity (Wildman–Crippen MR) is 76.9 cm³/mol. The molecule has 2 N–H and O–H groups in total. The number of nitrogens with one attached hydrogen (secondary N) is 1. The molecule has 0 fully saturated rings. The molecule has 0 radical (unpaired) electrons. The molecule has 0 heterocycles. The van der Waals surface area contributed by atoms with Crippen LogP contribution in [-0.4, -0.2) is 42.1 Å². The van der Waals surface area contributed by atoms with Crippen LogP contribution in [-0.2, 0) is 4.79 Å². The van der Waals surface area contributed by atoms with E-state index < -0.39 is 6.10 Å². The Hall–Kier alpha value is -1.39. The molecule has 1 atom stereocenters. The van der Waals surface area contributed by atoms with Gasteiger partial charge in [0.1, 0.15) is 0 Å². The molecule has 0 saturated heterocycles. The van der Waals surface area contributed by atoms with Gasteiger partial charge in [0.2, 0.25) is 5.91 Å². The minimum absolute atomic E-state index is 0.000422. The van der Waals surface area contributed by atoms with Crippen LogP contribution in [0.4, 0.5) is 0 Å². The molecule has 19 heavy (non-hydrogen) atoms. The molecule has 0 aliphatic heterocycles. The summed E-state index contributed by atoms with van der Waals surface area (Å²) in [5, 5.41) is 13.0. The summed E-state index contributed by atoms with van der Waals surface area (Å²) < 4.78 is 0. The van der Waals surface area contributed by atoms with Crippen LogP contribution in [0.15, 0.2) is 24.3 Å². The van der Waals surface area contributed by atoms with Crippen LogP contribution >= 0.6 is 0 Å². The monoisotopic (exact) mass is 264 g/mol. The number of hydrogen-bond acceptors (Lipinski definition) is 3. The van der Waals surface area contributed by atoms with E-state index >= 15 is 0 Å². The van der Waals surface area contributed by atoms with Crippen molar-refractivity contribution in [3.05, 3.63) is 35.4 Å². The molecule has 0 bridgehead atoms. The van der Waals surface area contributed by atoms with Gasteiger partial charge < -0.3 is 10.4 Å². The van der Waals surface area contributed by atoms with Gasteiger partial charge in [0.05, 0.1) is 12.6 Å². The molecule has 1 unspecified atom stereocenters. The predicted octanol–water partition coefficient (Wildman–Crippen LogP) is 1.49. The number of nitrogens with zero attached hydrogens (tertiary/aromatic N) is 1. The van der Waals surface area contributed by atoms with E-state index in [2.05, 4.69) is 5.32 Å². The molecule has 1 rings (SSSR count). The molecule has 0 spiro atoms. The third-order valence-electron chi connectivity index (χ3n) is 3.08. The Bertz CT molecular complexity index is 390. The SMILES string of the molecule is CCNC(=O)CN(CC)CC(O)c1ccc(C)cc1. The molecule has 1 aromatic rings. The lowest BCUT2D eigenvalue weighted by Gasteiger charge is -2.23. The number of benzene rings is 1. The fourth-order valence-corrected chi connectivity index (χ4v) is 1.90. The number of carbonyl (C=O) groups is 1. The summed E-state index contributed by atoms with van der Waals surface area (Å²) in [5.74, 6) is 0.000422. The van der Waals surface area contributed by atoms with Gasteiger partial charge in [-0.2, -0.15) is 0 Å². The van der Waals surface area contributed by atoms with Gasteiger partial charge in [0, 0.05) is 13.1 Å². The number of aliphatic hydroxyl groups is 1. The highest BCUT2D eigenvalue weighted by atomic mass is 16.3. The van der Waals surface area contributed by atoms with E-state index in [9.17, 15) is 9.90 Å². The average molecular weight is 264 g/mol. The maximum absolute atomic E-state index is 11.5. The van der Waals surface area contributed by atoms with Crippen LogP contribution in [0.2, 0.25) is 0 Å². The number of aliphatic hydroxyl groups excluding tert-OH is 1. The van der Waals surface area contributed by atoms with Gasteiger partial charge in [-0.1, -0.05) is 36.8 Å². The summed E-state index contributed by atoms with van der Waals surface area (Å²) in [6.07, 6.45) is -0.560. The first kappa shape index (κ1) is 15.7. The summed E-state index contributed by atoms with van der Waals surface area (Å²) >= 11 is 0. The number of hydrogen-bond donors (Lipinski definition) is 2. The molecule has 4 heteroatoms. The van der Waals surface area contributed by atoms with Crippen molar-refractivity contribution in [1.29, 1.82) is 0 Å². The number of rotatable bonds is 7. The lowest BCUT2D eigenvalue weighted by Crippen LogP contribution is -2.39. The van der Waals surface area contributed by atoms with Crippen LogP contribution in [0, 0.1) is 6.92 Å². The fraction of sp³-hybridized carbons (Fsp3) is 0.533. The summed E-state index contributed by atoms with van der Waals surface area (Å²) in [7, 11) is 0. The topological polar surface area (TPSA) is 52.6 Å². The minimum Gasteiger partial charge on any atom is -0.387 e. The minimum atomic E-state index is -0.560. The average Bonchev–Trinajstić information content (AvgIpc) is 2.38. The van der Waals surface area contributed by atoms with Crippen molar-refractivity contribution >= 4 is 5.91 Å². The van der Waals surface area contributed by atoms with Crippen molar-refractivity contribution < 1.29 is 9.90 Å². The highest BCUT2D eigenvalue weighted by Crippen LogP contribution is 2.14. The zero-order valence-corrected chi connectivity index (χ0v) is 12.0. The molecule has 0 aliphatic rings. The Morgan fingerprint density at radius 1 is 1.32 bits per heavy atom. The van der Waals surface area contributed by atoms with Crippen molar-refractivity contribution in [2.75, 3.05) is 26.2 Å². The second-order valence-corrected chi connectivity index (χ2v) is 4.71. The summed E-state index contributed by atoms with van der Waals surface area (Å²) in [5.41, 5.74) is 2.06. The highest BCUT2D eigenvalue weighted by molar-refractivity contribution is 5.77. The molecule has 1 amide bonds. The van der Waals surface area contributed by atoms with Crippen molar-refractivity contribution in [2.45, 2.75) is 26.9 Å². The summed E-state index contributed by atoms with van der Waals surface area (Å²) in [4.78, 5) is 13.5. The quantitative estimate of drug-likeness (QED) is 0.784. The lowest BCUT2D eigenvalue weighted by atomic mass is 10.1. The second-order valence-electron chi connectivity index (χ2n) is 4.71. The van der Waals surface area contributed by atoms with Crippen LogP contribution in [0.25, 0.3) is 0 Å². The molecule has 0 aliphatic carbocycles. The zero-order chi connectivity index (χ0) is 14.3. The number of carbonyl (C=O) groups excluding carboxylic acids is 1. The Balaban J connectivity index is 2.55. The third kappa shape index (κ3) is 5.41. The smallest absolute Gasteiger partial charge is 0.234 e. The Morgan fingerprint density at radius 3 is 2.47 bits per heavy atom. The highest BCUT2D eigenvalue weighted by Gasteiger charge is 2.14. The maximum Gasteiger partial charge on any atom is 0.234 e. The first-order valence-corrected chi connectivity index (χ1v) is 6.80. The van der Waals surface area contributed by atoms with Crippen molar-refractivity contribution in [3.8, 4) is 0 Å². The molecule has 4 nitrogen and oxygen atoms in total. The van der Waals surface area contributed by atoms with Crippen LogP contribution < -0.4 is 5.32 Å². The number of amides is 1. The number of likely N-dealkylation sites (N-methyl/N-ethyl adjacent to an activating group) is 2. The first-order chi connectivity index (χ1) is 9.06. The van der Waals surface area contributed by atoms with E-state index in [1.165, 1.54) is 5.56 Å². The molecular formula is C15H24N2O2. The van der Waals surface area contributed by atoms with E-state index in [1.807, 2.05) is 49.9 Å². The summed E-state index contributed by atoms with van der Waals surface area (Å²) in [6, 6.07) is 7.83.